The molecule has 1 aromatic carbocycles. The van der Waals surface area contributed by atoms with E-state index in [0.717, 1.165) is 24.6 Å². The molecule has 0 aromatic heterocycles. The summed E-state index contributed by atoms with van der Waals surface area (Å²) in [4.78, 5) is 12.1. The molecule has 1 rings (SSSR count). The van der Waals surface area contributed by atoms with Crippen molar-refractivity contribution in [2.45, 2.75) is 39.3 Å². The minimum absolute atomic E-state index is 0.0275. The lowest BCUT2D eigenvalue weighted by Crippen LogP contribution is -2.20. The van der Waals surface area contributed by atoms with E-state index in [1.807, 2.05) is 30.3 Å². The molecule has 2 nitrogen and oxygen atoms in total. The summed E-state index contributed by atoms with van der Waals surface area (Å²) in [5, 5.41) is 12.1. The van der Waals surface area contributed by atoms with Gasteiger partial charge in [-0.2, -0.15) is 0 Å². The Morgan fingerprint density at radius 2 is 1.76 bits per heavy atom. The summed E-state index contributed by atoms with van der Waals surface area (Å²) in [6.45, 7) is 9.76. The fourth-order valence-corrected chi connectivity index (χ4v) is 6.31. The fraction of sp³-hybridized carbons (Fsp3) is 0.500. The van der Waals surface area contributed by atoms with Gasteiger partial charge in [-0.1, -0.05) is 50.6 Å². The van der Waals surface area contributed by atoms with Gasteiger partial charge in [0.1, 0.15) is 5.66 Å². The molecule has 0 radical (unpaired) electrons. The van der Waals surface area contributed by atoms with Crippen molar-refractivity contribution in [3.8, 4) is 0 Å². The highest BCUT2D eigenvalue weighted by molar-refractivity contribution is 7.75. The Kier molecular flexibility index (Phi) is 6.61. The predicted octanol–water partition coefficient (Wildman–Crippen LogP) is 4.03. The molecule has 0 aliphatic heterocycles. The Morgan fingerprint density at radius 3 is 2.19 bits per heavy atom. The number of carbonyl (C=O) groups is 1. The molecular weight excluding hydrogens is 279 g/mol. The van der Waals surface area contributed by atoms with Crippen molar-refractivity contribution < 1.29 is 9.90 Å². The van der Waals surface area contributed by atoms with Crippen LogP contribution in [-0.2, 0) is 4.79 Å². The standard InChI is InChI=1S/C18H27O2P/c1-6-7-13-21(4,5)18(16-11-9-8-10-12-16)17(14(2)19)15(3)20/h8-12,18H,6-7,13H2,1-5H3. The summed E-state index contributed by atoms with van der Waals surface area (Å²) in [7, 11) is -1.43. The van der Waals surface area contributed by atoms with Gasteiger partial charge in [0.25, 0.3) is 0 Å². The summed E-state index contributed by atoms with van der Waals surface area (Å²) >= 11 is 0. The van der Waals surface area contributed by atoms with Crippen LogP contribution in [0, 0.1) is 0 Å². The SMILES string of the molecule is CCCC[P+](C)(C)C(/C(C(C)=O)=C(/C)[O-])c1ccccc1. The van der Waals surface area contributed by atoms with Crippen molar-refractivity contribution in [3.05, 3.63) is 47.2 Å². The maximum atomic E-state index is 12.1. The average molecular weight is 306 g/mol. The summed E-state index contributed by atoms with van der Waals surface area (Å²) in [6.07, 6.45) is 3.39. The number of unbranched alkanes of at least 4 members (excludes halogenated alkanes) is 1. The summed E-state index contributed by atoms with van der Waals surface area (Å²) < 4.78 is 0. The zero-order chi connectivity index (χ0) is 16.0. The Labute approximate surface area is 129 Å². The molecule has 0 fully saturated rings. The first-order chi connectivity index (χ1) is 9.81. The lowest BCUT2D eigenvalue weighted by molar-refractivity contribution is -0.303. The van der Waals surface area contributed by atoms with Gasteiger partial charge < -0.3 is 5.11 Å². The van der Waals surface area contributed by atoms with E-state index < -0.39 is 7.26 Å². The molecule has 1 aromatic rings. The van der Waals surface area contributed by atoms with E-state index >= 15 is 0 Å². The number of benzene rings is 1. The van der Waals surface area contributed by atoms with Crippen LogP contribution in [0.2, 0.25) is 0 Å². The molecule has 0 N–H and O–H groups in total. The van der Waals surface area contributed by atoms with Crippen LogP contribution < -0.4 is 5.11 Å². The van der Waals surface area contributed by atoms with E-state index in [4.69, 9.17) is 0 Å². The number of rotatable bonds is 7. The maximum absolute atomic E-state index is 12.1. The van der Waals surface area contributed by atoms with Crippen LogP contribution in [0.5, 0.6) is 0 Å². The third-order valence-electron chi connectivity index (χ3n) is 3.93. The number of hydrogen-bond acceptors (Lipinski definition) is 2. The zero-order valence-corrected chi connectivity index (χ0v) is 14.7. The van der Waals surface area contributed by atoms with Crippen LogP contribution in [0.4, 0.5) is 0 Å². The smallest absolute Gasteiger partial charge is 0.159 e. The van der Waals surface area contributed by atoms with Crippen LogP contribution in [-0.4, -0.2) is 25.3 Å². The number of carbonyl (C=O) groups excluding carboxylic acids is 1. The van der Waals surface area contributed by atoms with E-state index in [0.29, 0.717) is 5.57 Å². The highest BCUT2D eigenvalue weighted by Gasteiger charge is 2.40. The molecule has 21 heavy (non-hydrogen) atoms. The average Bonchev–Trinajstić information content (AvgIpc) is 2.42. The summed E-state index contributed by atoms with van der Waals surface area (Å²) in [5.74, 6) is -0.165. The minimum atomic E-state index is -1.43. The molecule has 0 spiro atoms. The normalized spacial score (nSPS) is 14.5. The van der Waals surface area contributed by atoms with E-state index in [9.17, 15) is 9.90 Å². The van der Waals surface area contributed by atoms with Gasteiger partial charge in [-0.25, -0.2) is 0 Å². The van der Waals surface area contributed by atoms with Crippen molar-refractivity contribution in [1.82, 2.24) is 0 Å². The van der Waals surface area contributed by atoms with Gasteiger partial charge in [0, 0.05) is 26.2 Å². The Balaban J connectivity index is 3.37. The monoisotopic (exact) mass is 306 g/mol. The molecule has 1 unspecified atom stereocenters. The molecule has 116 valence electrons. The molecular formula is C18H27O2P. The second-order valence-corrected chi connectivity index (χ2v) is 10.7. The first kappa shape index (κ1) is 17.9. The molecule has 0 bridgehead atoms. The minimum Gasteiger partial charge on any atom is -0.875 e. The van der Waals surface area contributed by atoms with Crippen LogP contribution in [0.15, 0.2) is 41.7 Å². The highest BCUT2D eigenvalue weighted by Crippen LogP contribution is 2.67. The molecule has 0 aliphatic carbocycles. The van der Waals surface area contributed by atoms with Crippen molar-refractivity contribution in [1.29, 1.82) is 0 Å². The third-order valence-corrected chi connectivity index (χ3v) is 7.36. The van der Waals surface area contributed by atoms with Gasteiger partial charge >= 0.3 is 0 Å². The van der Waals surface area contributed by atoms with Gasteiger partial charge in [-0.05, 0) is 18.9 Å². The van der Waals surface area contributed by atoms with Crippen molar-refractivity contribution in [2.24, 2.45) is 0 Å². The van der Waals surface area contributed by atoms with Gasteiger partial charge in [-0.3, -0.25) is 4.79 Å². The summed E-state index contributed by atoms with van der Waals surface area (Å²) in [5.41, 5.74) is 1.56. The molecule has 0 heterocycles. The first-order valence-corrected chi connectivity index (χ1v) is 10.5. The van der Waals surface area contributed by atoms with E-state index in [1.165, 1.54) is 13.8 Å². The Morgan fingerprint density at radius 1 is 1.19 bits per heavy atom. The quantitative estimate of drug-likeness (QED) is 0.433. The Bertz CT molecular complexity index is 499. The second kappa shape index (κ2) is 7.75. The van der Waals surface area contributed by atoms with Gasteiger partial charge in [0.2, 0.25) is 0 Å². The first-order valence-electron chi connectivity index (χ1n) is 7.57. The fourth-order valence-electron chi connectivity index (χ4n) is 2.88. The predicted molar refractivity (Wildman–Crippen MR) is 91.1 cm³/mol. The van der Waals surface area contributed by atoms with Crippen molar-refractivity contribution >= 4 is 13.0 Å². The third kappa shape index (κ3) is 4.68. The molecule has 0 amide bonds. The van der Waals surface area contributed by atoms with Crippen molar-refractivity contribution in [3.63, 3.8) is 0 Å². The lowest BCUT2D eigenvalue weighted by atomic mass is 10.0. The number of allylic oxidation sites excluding steroid dienone is 2. The number of Topliss-reactive ketones (excluding diaryl/α,β-unsaturated/α-hetero) is 1. The van der Waals surface area contributed by atoms with Gasteiger partial charge in [0.05, 0.1) is 6.16 Å². The van der Waals surface area contributed by atoms with Gasteiger partial charge in [0.15, 0.2) is 5.78 Å². The number of ketones is 1. The summed E-state index contributed by atoms with van der Waals surface area (Å²) in [6, 6.07) is 10.0. The molecule has 0 saturated carbocycles. The molecule has 3 heteroatoms. The number of hydrogen-bond donors (Lipinski definition) is 0. The molecule has 1 atom stereocenters. The van der Waals surface area contributed by atoms with Crippen LogP contribution >= 0.6 is 7.26 Å². The van der Waals surface area contributed by atoms with E-state index in [2.05, 4.69) is 20.3 Å². The van der Waals surface area contributed by atoms with E-state index in [-0.39, 0.29) is 17.2 Å². The zero-order valence-electron chi connectivity index (χ0n) is 13.8. The topological polar surface area (TPSA) is 40.1 Å². The largest absolute Gasteiger partial charge is 0.875 e. The van der Waals surface area contributed by atoms with Crippen LogP contribution in [0.1, 0.15) is 44.8 Å². The highest BCUT2D eigenvalue weighted by atomic mass is 31.2. The van der Waals surface area contributed by atoms with Gasteiger partial charge in [-0.15, -0.1) is 5.76 Å². The van der Waals surface area contributed by atoms with E-state index in [1.54, 1.807) is 0 Å². The van der Waals surface area contributed by atoms with Crippen LogP contribution in [0.3, 0.4) is 0 Å². The Hall–Kier alpha value is -1.14. The van der Waals surface area contributed by atoms with Crippen LogP contribution in [0.25, 0.3) is 0 Å². The maximum Gasteiger partial charge on any atom is 0.159 e. The molecule has 0 aliphatic rings. The lowest BCUT2D eigenvalue weighted by Gasteiger charge is -2.32. The molecule has 0 saturated heterocycles. The second-order valence-electron chi connectivity index (χ2n) is 6.20. The van der Waals surface area contributed by atoms with Crippen molar-refractivity contribution in [2.75, 3.05) is 19.5 Å².